The summed E-state index contributed by atoms with van der Waals surface area (Å²) in [6.45, 7) is 0.263. The molecular formula is C11H8F10O4. The Hall–Kier alpha value is -1.57. The van der Waals surface area contributed by atoms with E-state index in [2.05, 4.69) is 16.1 Å². The zero-order chi connectivity index (χ0) is 20.3. The Kier molecular flexibility index (Phi) is 4.69. The number of esters is 1. The molecule has 4 nitrogen and oxygen atoms in total. The van der Waals surface area contributed by atoms with Crippen LogP contribution in [0.25, 0.3) is 0 Å². The van der Waals surface area contributed by atoms with Gasteiger partial charge >= 0.3 is 41.6 Å². The van der Waals surface area contributed by atoms with Crippen molar-refractivity contribution in [3.05, 3.63) is 12.2 Å². The highest BCUT2D eigenvalue weighted by atomic mass is 19.4. The second kappa shape index (κ2) is 5.46. The number of halogens is 10. The fourth-order valence-corrected chi connectivity index (χ4v) is 1.92. The van der Waals surface area contributed by atoms with E-state index in [-0.39, 0.29) is 0 Å². The minimum absolute atomic E-state index is 0.567. The molecule has 0 radical (unpaired) electrons. The molecule has 14 heteroatoms. The van der Waals surface area contributed by atoms with Gasteiger partial charge in [0.1, 0.15) is 6.61 Å². The van der Waals surface area contributed by atoms with Crippen molar-refractivity contribution in [2.24, 2.45) is 0 Å². The Bertz CT molecular complexity index is 580. The van der Waals surface area contributed by atoms with Crippen LogP contribution in [-0.2, 0) is 14.3 Å². The first-order valence-electron chi connectivity index (χ1n) is 5.93. The third-order valence-corrected chi connectivity index (χ3v) is 3.22. The Morgan fingerprint density at radius 2 is 1.52 bits per heavy atom. The van der Waals surface area contributed by atoms with Crippen LogP contribution >= 0.6 is 0 Å². The summed E-state index contributed by atoms with van der Waals surface area (Å²) in [5.41, 5.74) is -7.47. The van der Waals surface area contributed by atoms with Gasteiger partial charge in [-0.2, -0.15) is 43.9 Å². The number of ether oxygens (including phenoxy) is 2. The summed E-state index contributed by atoms with van der Waals surface area (Å²) in [7, 11) is 0. The van der Waals surface area contributed by atoms with E-state index in [9.17, 15) is 48.7 Å². The first-order chi connectivity index (χ1) is 10.8. The normalized spacial score (nSPS) is 32.2. The maximum Gasteiger partial charge on any atom is 0.449 e. The van der Waals surface area contributed by atoms with E-state index in [0.717, 1.165) is 0 Å². The molecule has 146 valence electrons. The Morgan fingerprint density at radius 1 is 1.08 bits per heavy atom. The van der Waals surface area contributed by atoms with Crippen LogP contribution in [0.5, 0.6) is 0 Å². The van der Waals surface area contributed by atoms with Gasteiger partial charge in [-0.3, -0.25) is 0 Å². The summed E-state index contributed by atoms with van der Waals surface area (Å²) in [4.78, 5) is 11.2. The lowest BCUT2D eigenvalue weighted by Crippen LogP contribution is -2.84. The number of rotatable bonds is 2. The second-order valence-corrected chi connectivity index (χ2v) is 5.06. The molecule has 1 aliphatic rings. The van der Waals surface area contributed by atoms with Gasteiger partial charge in [0.05, 0.1) is 0 Å². The highest BCUT2D eigenvalue weighted by molar-refractivity contribution is 5.87. The predicted molar refractivity (Wildman–Crippen MR) is 56.5 cm³/mol. The van der Waals surface area contributed by atoms with E-state index in [0.29, 0.717) is 6.92 Å². The molecule has 1 fully saturated rings. The van der Waals surface area contributed by atoms with Crippen molar-refractivity contribution in [2.75, 3.05) is 6.61 Å². The number of hydrogen-bond donors (Lipinski definition) is 1. The highest BCUT2D eigenvalue weighted by Gasteiger charge is 2.95. The van der Waals surface area contributed by atoms with Gasteiger partial charge in [0.2, 0.25) is 0 Å². The maximum absolute atomic E-state index is 14.1. The molecule has 1 aliphatic heterocycles. The Labute approximate surface area is 132 Å². The molecule has 0 spiro atoms. The lowest BCUT2D eigenvalue weighted by molar-refractivity contribution is -0.527. The molecule has 2 unspecified atom stereocenters. The van der Waals surface area contributed by atoms with Crippen molar-refractivity contribution in [1.29, 1.82) is 0 Å². The molecule has 1 saturated heterocycles. The fraction of sp³-hybridized carbons (Fsp3) is 0.727. The smallest absolute Gasteiger partial charge is 0.433 e. The summed E-state index contributed by atoms with van der Waals surface area (Å²) in [6, 6.07) is 0. The average Bonchev–Trinajstić information content (AvgIpc) is 2.36. The van der Waals surface area contributed by atoms with E-state index >= 15 is 0 Å². The van der Waals surface area contributed by atoms with Gasteiger partial charge in [-0.1, -0.05) is 6.58 Å². The highest BCUT2D eigenvalue weighted by Crippen LogP contribution is 2.63. The van der Waals surface area contributed by atoms with Crippen LogP contribution in [0.3, 0.4) is 0 Å². The molecular weight excluding hydrogens is 386 g/mol. The molecule has 0 saturated carbocycles. The van der Waals surface area contributed by atoms with Gasteiger partial charge < -0.3 is 14.6 Å². The molecule has 25 heavy (non-hydrogen) atoms. The van der Waals surface area contributed by atoms with Crippen molar-refractivity contribution in [1.82, 2.24) is 0 Å². The number of carbonyl (C=O) groups excluding carboxylic acids is 1. The maximum atomic E-state index is 14.1. The van der Waals surface area contributed by atoms with E-state index in [1.807, 2.05) is 0 Å². The summed E-state index contributed by atoms with van der Waals surface area (Å²) in [5.74, 6) is -21.3. The van der Waals surface area contributed by atoms with Crippen molar-refractivity contribution in [2.45, 2.75) is 42.5 Å². The number of aliphatic hydroxyl groups is 1. The number of alkyl halides is 10. The van der Waals surface area contributed by atoms with Crippen LogP contribution in [0.2, 0.25) is 0 Å². The molecule has 2 atom stereocenters. The third-order valence-electron chi connectivity index (χ3n) is 3.22. The summed E-state index contributed by atoms with van der Waals surface area (Å²) >= 11 is 0. The van der Waals surface area contributed by atoms with E-state index in [1.165, 1.54) is 0 Å². The van der Waals surface area contributed by atoms with E-state index in [4.69, 9.17) is 5.11 Å². The second-order valence-electron chi connectivity index (χ2n) is 5.06. The molecule has 0 aromatic carbocycles. The van der Waals surface area contributed by atoms with Crippen molar-refractivity contribution >= 4 is 5.97 Å². The first-order valence-corrected chi connectivity index (χ1v) is 5.93. The molecule has 0 aromatic heterocycles. The van der Waals surface area contributed by atoms with Gasteiger partial charge in [-0.25, -0.2) is 4.79 Å². The van der Waals surface area contributed by atoms with E-state index in [1.54, 1.807) is 0 Å². The van der Waals surface area contributed by atoms with Crippen LogP contribution < -0.4 is 0 Å². The number of carbonyl (C=O) groups is 1. The summed E-state index contributed by atoms with van der Waals surface area (Å²) in [5, 5.41) is 8.97. The van der Waals surface area contributed by atoms with Crippen molar-refractivity contribution in [3.8, 4) is 0 Å². The lowest BCUT2D eigenvalue weighted by atomic mass is 9.79. The topological polar surface area (TPSA) is 55.8 Å². The molecule has 1 heterocycles. The first kappa shape index (κ1) is 21.5. The monoisotopic (exact) mass is 394 g/mol. The Morgan fingerprint density at radius 3 is 1.84 bits per heavy atom. The molecule has 1 N–H and O–H groups in total. The Balaban J connectivity index is 3.84. The minimum atomic E-state index is -6.95. The van der Waals surface area contributed by atoms with Crippen LogP contribution in [0.4, 0.5) is 43.9 Å². The fourth-order valence-electron chi connectivity index (χ4n) is 1.92. The van der Waals surface area contributed by atoms with Gasteiger partial charge in [0, 0.05) is 5.57 Å². The van der Waals surface area contributed by atoms with Gasteiger partial charge in [0.15, 0.2) is 0 Å². The van der Waals surface area contributed by atoms with Gasteiger partial charge in [0.25, 0.3) is 0 Å². The molecule has 0 amide bonds. The SMILES string of the molecule is C=C(C)C(=O)OC1(C(F)(F)F)C(F)(F)COC(O)(C(F)(F)F)C1(F)F. The molecule has 1 rings (SSSR count). The van der Waals surface area contributed by atoms with E-state index < -0.39 is 53.7 Å². The molecule has 0 bridgehead atoms. The van der Waals surface area contributed by atoms with Crippen molar-refractivity contribution in [3.63, 3.8) is 0 Å². The molecule has 0 aromatic rings. The van der Waals surface area contributed by atoms with Gasteiger partial charge in [-0.15, -0.1) is 0 Å². The number of hydrogen-bond acceptors (Lipinski definition) is 4. The zero-order valence-electron chi connectivity index (χ0n) is 11.9. The van der Waals surface area contributed by atoms with Gasteiger partial charge in [-0.05, 0) is 6.92 Å². The molecule has 0 aliphatic carbocycles. The summed E-state index contributed by atoms with van der Waals surface area (Å²) in [6.07, 6.45) is -13.6. The largest absolute Gasteiger partial charge is 0.449 e. The average molecular weight is 394 g/mol. The predicted octanol–water partition coefficient (Wildman–Crippen LogP) is 2.96. The standard InChI is InChI=1S/C11H8F10O4/c1-4(2)5(22)25-7(10(16,17)18)6(12,13)3-24-9(23,8(7,14)15)11(19,20)21/h23H,1,3H2,2H3. The lowest BCUT2D eigenvalue weighted by Gasteiger charge is -2.53. The van der Waals surface area contributed by atoms with Crippen molar-refractivity contribution < 1.29 is 63.3 Å². The zero-order valence-corrected chi connectivity index (χ0v) is 11.9. The van der Waals surface area contributed by atoms with Crippen LogP contribution in [0.15, 0.2) is 12.2 Å². The minimum Gasteiger partial charge on any atom is -0.433 e. The van der Waals surface area contributed by atoms with Crippen LogP contribution in [0.1, 0.15) is 6.92 Å². The third kappa shape index (κ3) is 2.65. The van der Waals surface area contributed by atoms with Crippen LogP contribution in [-0.4, -0.2) is 53.3 Å². The summed E-state index contributed by atoms with van der Waals surface area (Å²) < 4.78 is 139. The quantitative estimate of drug-likeness (QED) is 0.445. The van der Waals surface area contributed by atoms with Crippen LogP contribution in [0, 0.1) is 0 Å².